The molecule has 2 aromatic carbocycles. The van der Waals surface area contributed by atoms with Crippen molar-refractivity contribution in [3.63, 3.8) is 0 Å². The van der Waals surface area contributed by atoms with Gasteiger partial charge in [0.2, 0.25) is 0 Å². The van der Waals surface area contributed by atoms with Gasteiger partial charge in [-0.3, -0.25) is 9.59 Å². The second-order valence-electron chi connectivity index (χ2n) is 4.32. The van der Waals surface area contributed by atoms with Gasteiger partial charge in [-0.25, -0.2) is 0 Å². The number of ketones is 2. The summed E-state index contributed by atoms with van der Waals surface area (Å²) in [6.07, 6.45) is -0.145. The third-order valence-corrected chi connectivity index (χ3v) is 2.90. The monoisotopic (exact) mass is 268 g/mol. The van der Waals surface area contributed by atoms with Crippen LogP contribution in [0.3, 0.4) is 0 Å². The minimum absolute atomic E-state index is 0.145. The Balaban J connectivity index is 2.15. The number of para-hydroxylation sites is 1. The van der Waals surface area contributed by atoms with Crippen LogP contribution in [0.15, 0.2) is 54.6 Å². The van der Waals surface area contributed by atoms with E-state index >= 15 is 0 Å². The third-order valence-electron chi connectivity index (χ3n) is 2.90. The number of rotatable bonds is 6. The maximum atomic E-state index is 12.2. The van der Waals surface area contributed by atoms with Crippen molar-refractivity contribution in [1.29, 1.82) is 0 Å². The van der Waals surface area contributed by atoms with E-state index < -0.39 is 0 Å². The molecule has 0 bridgehead atoms. The van der Waals surface area contributed by atoms with Crippen molar-refractivity contribution in [2.45, 2.75) is 13.3 Å². The van der Waals surface area contributed by atoms with E-state index in [0.717, 1.165) is 0 Å². The summed E-state index contributed by atoms with van der Waals surface area (Å²) >= 11 is 0. The van der Waals surface area contributed by atoms with Gasteiger partial charge in [-0.2, -0.15) is 0 Å². The molecule has 0 amide bonds. The fraction of sp³-hybridized carbons (Fsp3) is 0.176. The molecule has 0 unspecified atom stereocenters. The van der Waals surface area contributed by atoms with E-state index in [9.17, 15) is 9.59 Å². The Hall–Kier alpha value is -2.42. The Morgan fingerprint density at radius 1 is 0.900 bits per heavy atom. The van der Waals surface area contributed by atoms with Gasteiger partial charge in [-0.15, -0.1) is 0 Å². The molecule has 0 N–H and O–H groups in total. The van der Waals surface area contributed by atoms with Crippen LogP contribution >= 0.6 is 0 Å². The Kier molecular flexibility index (Phi) is 4.66. The van der Waals surface area contributed by atoms with Gasteiger partial charge in [0.05, 0.1) is 18.6 Å². The van der Waals surface area contributed by atoms with E-state index in [1.165, 1.54) is 0 Å². The molecule has 0 spiro atoms. The van der Waals surface area contributed by atoms with Crippen LogP contribution in [0, 0.1) is 0 Å². The zero-order valence-corrected chi connectivity index (χ0v) is 11.3. The first-order valence-corrected chi connectivity index (χ1v) is 6.55. The summed E-state index contributed by atoms with van der Waals surface area (Å²) in [5, 5.41) is 0. The van der Waals surface area contributed by atoms with Gasteiger partial charge < -0.3 is 4.74 Å². The van der Waals surface area contributed by atoms with Crippen LogP contribution in [0.5, 0.6) is 5.75 Å². The van der Waals surface area contributed by atoms with E-state index in [0.29, 0.717) is 23.5 Å². The second kappa shape index (κ2) is 6.66. The Labute approximate surface area is 118 Å². The van der Waals surface area contributed by atoms with Gasteiger partial charge in [0.1, 0.15) is 5.75 Å². The molecule has 0 heterocycles. The summed E-state index contributed by atoms with van der Waals surface area (Å²) in [5.74, 6) is 0.130. The number of hydrogen-bond donors (Lipinski definition) is 0. The van der Waals surface area contributed by atoms with Crippen molar-refractivity contribution in [2.24, 2.45) is 0 Å². The van der Waals surface area contributed by atoms with E-state index in [2.05, 4.69) is 0 Å². The first-order chi connectivity index (χ1) is 9.72. The van der Waals surface area contributed by atoms with Crippen LogP contribution in [-0.4, -0.2) is 18.2 Å². The molecular formula is C17H16O3. The smallest absolute Gasteiger partial charge is 0.174 e. The highest BCUT2D eigenvalue weighted by atomic mass is 16.5. The number of Topliss-reactive ketones (excluding diaryl/α,β-unsaturated/α-hetero) is 2. The molecule has 0 aliphatic heterocycles. The van der Waals surface area contributed by atoms with E-state index in [4.69, 9.17) is 4.74 Å². The maximum Gasteiger partial charge on any atom is 0.174 e. The Morgan fingerprint density at radius 2 is 1.55 bits per heavy atom. The van der Waals surface area contributed by atoms with Gasteiger partial charge in [0, 0.05) is 5.56 Å². The van der Waals surface area contributed by atoms with Gasteiger partial charge >= 0.3 is 0 Å². The van der Waals surface area contributed by atoms with Gasteiger partial charge in [-0.05, 0) is 19.1 Å². The molecular weight excluding hydrogens is 252 g/mol. The van der Waals surface area contributed by atoms with Crippen LogP contribution < -0.4 is 4.74 Å². The predicted octanol–water partition coefficient (Wildman–Crippen LogP) is 3.54. The van der Waals surface area contributed by atoms with E-state index in [-0.39, 0.29) is 18.0 Å². The summed E-state index contributed by atoms with van der Waals surface area (Å²) in [5.41, 5.74) is 1.01. The third kappa shape index (κ3) is 3.32. The molecule has 2 aromatic rings. The molecule has 0 saturated heterocycles. The normalized spacial score (nSPS) is 10.1. The molecule has 0 saturated carbocycles. The van der Waals surface area contributed by atoms with Crippen molar-refractivity contribution >= 4 is 11.6 Å². The molecule has 0 atom stereocenters. The summed E-state index contributed by atoms with van der Waals surface area (Å²) in [6.45, 7) is 2.34. The van der Waals surface area contributed by atoms with Crippen LogP contribution in [-0.2, 0) is 0 Å². The maximum absolute atomic E-state index is 12.2. The van der Waals surface area contributed by atoms with Gasteiger partial charge in [0.15, 0.2) is 11.6 Å². The molecule has 3 nitrogen and oxygen atoms in total. The highest BCUT2D eigenvalue weighted by Gasteiger charge is 2.16. The standard InChI is InChI=1S/C17H16O3/c1-2-20-17-11-7-6-10-14(17)16(19)12-15(18)13-8-4-3-5-9-13/h3-11H,2,12H2,1H3. The molecule has 2 rings (SSSR count). The first kappa shape index (κ1) is 14.0. The number of ether oxygens (including phenoxy) is 1. The SMILES string of the molecule is CCOc1ccccc1C(=O)CC(=O)c1ccccc1. The molecule has 0 aliphatic carbocycles. The zero-order chi connectivity index (χ0) is 14.4. The highest BCUT2D eigenvalue weighted by molar-refractivity contribution is 6.14. The van der Waals surface area contributed by atoms with Gasteiger partial charge in [-0.1, -0.05) is 42.5 Å². The minimum atomic E-state index is -0.220. The predicted molar refractivity (Wildman–Crippen MR) is 77.3 cm³/mol. The van der Waals surface area contributed by atoms with Crippen molar-refractivity contribution in [1.82, 2.24) is 0 Å². The average Bonchev–Trinajstić information content (AvgIpc) is 2.49. The van der Waals surface area contributed by atoms with Crippen molar-refractivity contribution in [3.8, 4) is 5.75 Å². The van der Waals surface area contributed by atoms with Crippen LogP contribution in [0.1, 0.15) is 34.1 Å². The summed E-state index contributed by atoms with van der Waals surface area (Å²) in [7, 11) is 0. The van der Waals surface area contributed by atoms with Gasteiger partial charge in [0.25, 0.3) is 0 Å². The largest absolute Gasteiger partial charge is 0.493 e. The minimum Gasteiger partial charge on any atom is -0.493 e. The average molecular weight is 268 g/mol. The molecule has 0 aromatic heterocycles. The lowest BCUT2D eigenvalue weighted by Crippen LogP contribution is -2.10. The number of hydrogen-bond acceptors (Lipinski definition) is 3. The number of carbonyl (C=O) groups is 2. The molecule has 0 radical (unpaired) electrons. The van der Waals surface area contributed by atoms with Crippen molar-refractivity contribution in [3.05, 3.63) is 65.7 Å². The molecule has 0 aliphatic rings. The Morgan fingerprint density at radius 3 is 2.25 bits per heavy atom. The first-order valence-electron chi connectivity index (χ1n) is 6.55. The highest BCUT2D eigenvalue weighted by Crippen LogP contribution is 2.20. The summed E-state index contributed by atoms with van der Waals surface area (Å²) in [4.78, 5) is 24.3. The fourth-order valence-corrected chi connectivity index (χ4v) is 1.95. The van der Waals surface area contributed by atoms with Crippen LogP contribution in [0.25, 0.3) is 0 Å². The quantitative estimate of drug-likeness (QED) is 0.594. The summed E-state index contributed by atoms with van der Waals surface area (Å²) in [6, 6.07) is 15.8. The van der Waals surface area contributed by atoms with Crippen LogP contribution in [0.4, 0.5) is 0 Å². The lowest BCUT2D eigenvalue weighted by Gasteiger charge is -2.08. The number of benzene rings is 2. The lowest BCUT2D eigenvalue weighted by atomic mass is 10.0. The molecule has 102 valence electrons. The van der Waals surface area contributed by atoms with Crippen molar-refractivity contribution < 1.29 is 14.3 Å². The number of carbonyl (C=O) groups excluding carboxylic acids is 2. The molecule has 3 heteroatoms. The van der Waals surface area contributed by atoms with Crippen LogP contribution in [0.2, 0.25) is 0 Å². The zero-order valence-electron chi connectivity index (χ0n) is 11.3. The van der Waals surface area contributed by atoms with E-state index in [1.807, 2.05) is 13.0 Å². The Bertz CT molecular complexity index is 603. The molecule has 0 fully saturated rings. The van der Waals surface area contributed by atoms with Crippen molar-refractivity contribution in [2.75, 3.05) is 6.61 Å². The topological polar surface area (TPSA) is 43.4 Å². The lowest BCUT2D eigenvalue weighted by molar-refractivity contribution is 0.0892. The molecule has 20 heavy (non-hydrogen) atoms. The van der Waals surface area contributed by atoms with E-state index in [1.54, 1.807) is 48.5 Å². The second-order valence-corrected chi connectivity index (χ2v) is 4.32. The summed E-state index contributed by atoms with van der Waals surface area (Å²) < 4.78 is 5.41. The fourth-order valence-electron chi connectivity index (χ4n) is 1.95.